The second kappa shape index (κ2) is 9.02. The van der Waals surface area contributed by atoms with E-state index in [9.17, 15) is 4.79 Å². The first-order valence-electron chi connectivity index (χ1n) is 6.77. The predicted molar refractivity (Wildman–Crippen MR) is 79.7 cm³/mol. The summed E-state index contributed by atoms with van der Waals surface area (Å²) in [5, 5.41) is 0. The maximum Gasteiger partial charge on any atom is 0.333 e. The minimum absolute atomic E-state index is 0.201. The van der Waals surface area contributed by atoms with Crippen LogP contribution in [0.25, 0.3) is 0 Å². The van der Waals surface area contributed by atoms with Crippen molar-refractivity contribution in [3.63, 3.8) is 0 Å². The van der Waals surface area contributed by atoms with Crippen LogP contribution in [0, 0.1) is 0 Å². The summed E-state index contributed by atoms with van der Waals surface area (Å²) in [5.74, 6) is 0.893. The van der Waals surface area contributed by atoms with E-state index < -0.39 is 12.1 Å². The van der Waals surface area contributed by atoms with Crippen LogP contribution in [-0.2, 0) is 14.3 Å². The molecule has 1 unspecified atom stereocenters. The van der Waals surface area contributed by atoms with Crippen LogP contribution in [-0.4, -0.2) is 39.0 Å². The topological polar surface area (TPSA) is 54.0 Å². The molecule has 0 aromatic heterocycles. The van der Waals surface area contributed by atoms with Gasteiger partial charge in [-0.2, -0.15) is 0 Å². The van der Waals surface area contributed by atoms with E-state index in [1.54, 1.807) is 26.2 Å². The van der Waals surface area contributed by atoms with E-state index in [0.29, 0.717) is 23.7 Å². The summed E-state index contributed by atoms with van der Waals surface area (Å²) in [5.41, 5.74) is 0.345. The fourth-order valence-electron chi connectivity index (χ4n) is 1.50. The number of hydrogen-bond acceptors (Lipinski definition) is 5. The molecule has 0 heterocycles. The van der Waals surface area contributed by atoms with Crippen molar-refractivity contribution >= 4 is 5.97 Å². The van der Waals surface area contributed by atoms with Crippen molar-refractivity contribution < 1.29 is 23.7 Å². The number of rotatable bonds is 9. The van der Waals surface area contributed by atoms with Crippen molar-refractivity contribution in [2.24, 2.45) is 0 Å². The molecule has 1 atom stereocenters. The maximum atomic E-state index is 11.6. The number of carbonyl (C=O) groups is 1. The SMILES string of the molecule is C=C(C)C(=O)OC(COCC)COc1cccc(OC)c1. The summed E-state index contributed by atoms with van der Waals surface area (Å²) in [7, 11) is 1.59. The summed E-state index contributed by atoms with van der Waals surface area (Å²) in [6, 6.07) is 7.22. The molecule has 21 heavy (non-hydrogen) atoms. The van der Waals surface area contributed by atoms with Gasteiger partial charge in [-0.05, 0) is 26.0 Å². The molecule has 0 fully saturated rings. The number of hydrogen-bond donors (Lipinski definition) is 0. The van der Waals surface area contributed by atoms with Gasteiger partial charge in [0.1, 0.15) is 18.1 Å². The zero-order valence-electron chi connectivity index (χ0n) is 12.8. The standard InChI is InChI=1S/C16H22O5/c1-5-19-10-15(21-16(17)12(2)3)11-20-14-8-6-7-13(9-14)18-4/h6-9,15H,2,5,10-11H2,1,3-4H3. The second-order valence-corrected chi connectivity index (χ2v) is 4.46. The predicted octanol–water partition coefficient (Wildman–Crippen LogP) is 2.60. The first-order chi connectivity index (χ1) is 10.1. The third-order valence-corrected chi connectivity index (χ3v) is 2.61. The number of carbonyl (C=O) groups excluding carboxylic acids is 1. The molecule has 5 nitrogen and oxygen atoms in total. The first kappa shape index (κ1) is 17.0. The van der Waals surface area contributed by atoms with E-state index in [0.717, 1.165) is 0 Å². The zero-order chi connectivity index (χ0) is 15.7. The highest BCUT2D eigenvalue weighted by atomic mass is 16.6. The van der Waals surface area contributed by atoms with Crippen molar-refractivity contribution in [2.45, 2.75) is 20.0 Å². The number of esters is 1. The molecule has 0 saturated carbocycles. The lowest BCUT2D eigenvalue weighted by Gasteiger charge is -2.18. The van der Waals surface area contributed by atoms with E-state index in [4.69, 9.17) is 18.9 Å². The van der Waals surface area contributed by atoms with Crippen LogP contribution < -0.4 is 9.47 Å². The fraction of sp³-hybridized carbons (Fsp3) is 0.438. The summed E-state index contributed by atoms with van der Waals surface area (Å²) in [6.45, 7) is 8.05. The molecule has 1 aromatic carbocycles. The lowest BCUT2D eigenvalue weighted by atomic mass is 10.3. The van der Waals surface area contributed by atoms with Gasteiger partial charge in [-0.3, -0.25) is 0 Å². The van der Waals surface area contributed by atoms with Gasteiger partial charge in [-0.25, -0.2) is 4.79 Å². The van der Waals surface area contributed by atoms with Gasteiger partial charge in [0.05, 0.1) is 13.7 Å². The molecule has 0 N–H and O–H groups in total. The molecule has 0 bridgehead atoms. The zero-order valence-corrected chi connectivity index (χ0v) is 12.8. The second-order valence-electron chi connectivity index (χ2n) is 4.46. The van der Waals surface area contributed by atoms with Crippen molar-refractivity contribution in [3.05, 3.63) is 36.4 Å². The van der Waals surface area contributed by atoms with Gasteiger partial charge in [0.25, 0.3) is 0 Å². The number of ether oxygens (including phenoxy) is 4. The average Bonchev–Trinajstić information content (AvgIpc) is 2.49. The van der Waals surface area contributed by atoms with Crippen LogP contribution in [0.5, 0.6) is 11.5 Å². The van der Waals surface area contributed by atoms with Gasteiger partial charge in [-0.15, -0.1) is 0 Å². The Kier molecular flexibility index (Phi) is 7.32. The Morgan fingerprint density at radius 1 is 1.29 bits per heavy atom. The van der Waals surface area contributed by atoms with Crippen molar-refractivity contribution in [2.75, 3.05) is 26.9 Å². The largest absolute Gasteiger partial charge is 0.497 e. The highest BCUT2D eigenvalue weighted by Crippen LogP contribution is 2.19. The van der Waals surface area contributed by atoms with Crippen molar-refractivity contribution in [1.82, 2.24) is 0 Å². The summed E-state index contributed by atoms with van der Waals surface area (Å²) in [6.07, 6.45) is -0.486. The normalized spacial score (nSPS) is 11.6. The Morgan fingerprint density at radius 2 is 2.00 bits per heavy atom. The third kappa shape index (κ3) is 6.31. The summed E-state index contributed by atoms with van der Waals surface area (Å²) >= 11 is 0. The monoisotopic (exact) mass is 294 g/mol. The van der Waals surface area contributed by atoms with E-state index in [1.165, 1.54) is 0 Å². The maximum absolute atomic E-state index is 11.6. The first-order valence-corrected chi connectivity index (χ1v) is 6.77. The van der Waals surface area contributed by atoms with Crippen LogP contribution >= 0.6 is 0 Å². The van der Waals surface area contributed by atoms with Crippen LogP contribution in [0.2, 0.25) is 0 Å². The molecule has 0 radical (unpaired) electrons. The van der Waals surface area contributed by atoms with Gasteiger partial charge in [0.15, 0.2) is 6.10 Å². The molecule has 0 aliphatic heterocycles. The lowest BCUT2D eigenvalue weighted by molar-refractivity contribution is -0.149. The lowest BCUT2D eigenvalue weighted by Crippen LogP contribution is -2.30. The molecule has 5 heteroatoms. The van der Waals surface area contributed by atoms with Gasteiger partial charge >= 0.3 is 5.97 Å². The molecule has 116 valence electrons. The molecule has 0 spiro atoms. The summed E-state index contributed by atoms with van der Waals surface area (Å²) < 4.78 is 21.3. The molecule has 0 aliphatic carbocycles. The van der Waals surface area contributed by atoms with Crippen molar-refractivity contribution in [1.29, 1.82) is 0 Å². The smallest absolute Gasteiger partial charge is 0.333 e. The fourth-order valence-corrected chi connectivity index (χ4v) is 1.50. The van der Waals surface area contributed by atoms with E-state index >= 15 is 0 Å². The Morgan fingerprint density at radius 3 is 2.62 bits per heavy atom. The van der Waals surface area contributed by atoms with Crippen LogP contribution in [0.15, 0.2) is 36.4 Å². The van der Waals surface area contributed by atoms with Gasteiger partial charge in [0, 0.05) is 18.2 Å². The molecule has 0 amide bonds. The number of methoxy groups -OCH3 is 1. The van der Waals surface area contributed by atoms with Gasteiger partial charge in [0.2, 0.25) is 0 Å². The molecule has 0 saturated heterocycles. The van der Waals surface area contributed by atoms with Crippen LogP contribution in [0.1, 0.15) is 13.8 Å². The van der Waals surface area contributed by atoms with Gasteiger partial charge in [-0.1, -0.05) is 12.6 Å². The third-order valence-electron chi connectivity index (χ3n) is 2.61. The van der Waals surface area contributed by atoms with E-state index in [-0.39, 0.29) is 13.2 Å². The molecular weight excluding hydrogens is 272 g/mol. The molecule has 1 aromatic rings. The molecule has 1 rings (SSSR count). The van der Waals surface area contributed by atoms with E-state index in [2.05, 4.69) is 6.58 Å². The Hall–Kier alpha value is -2.01. The summed E-state index contributed by atoms with van der Waals surface area (Å²) in [4.78, 5) is 11.6. The van der Waals surface area contributed by atoms with Crippen molar-refractivity contribution in [3.8, 4) is 11.5 Å². The molecule has 0 aliphatic rings. The average molecular weight is 294 g/mol. The Labute approximate surface area is 125 Å². The minimum Gasteiger partial charge on any atom is -0.497 e. The highest BCUT2D eigenvalue weighted by Gasteiger charge is 2.16. The quantitative estimate of drug-likeness (QED) is 0.517. The van der Waals surface area contributed by atoms with E-state index in [1.807, 2.05) is 19.1 Å². The molecular formula is C16H22O5. The Balaban J connectivity index is 2.58. The minimum atomic E-state index is -0.486. The highest BCUT2D eigenvalue weighted by molar-refractivity contribution is 5.87. The van der Waals surface area contributed by atoms with Crippen LogP contribution in [0.3, 0.4) is 0 Å². The van der Waals surface area contributed by atoms with Gasteiger partial charge < -0.3 is 18.9 Å². The van der Waals surface area contributed by atoms with Crippen LogP contribution in [0.4, 0.5) is 0 Å². The Bertz CT molecular complexity index is 469. The number of benzene rings is 1.